The van der Waals surface area contributed by atoms with Crippen LogP contribution in [0.5, 0.6) is 0 Å². The smallest absolute Gasteiger partial charge is 0.222 e. The molecule has 0 unspecified atom stereocenters. The summed E-state index contributed by atoms with van der Waals surface area (Å²) in [6.45, 7) is 1.46. The fraction of sp³-hybridized carbons (Fsp3) is 0.125. The lowest BCUT2D eigenvalue weighted by molar-refractivity contribution is -0.114. The molecule has 0 bridgehead atoms. The average molecular weight is 176 g/mol. The van der Waals surface area contributed by atoms with E-state index in [4.69, 9.17) is 0 Å². The summed E-state index contributed by atoms with van der Waals surface area (Å²) in [6, 6.07) is 0. The van der Waals surface area contributed by atoms with Gasteiger partial charge in [-0.3, -0.25) is 14.2 Å². The van der Waals surface area contributed by atoms with E-state index in [1.54, 1.807) is 29.2 Å². The molecular formula is C8H8N4O. The van der Waals surface area contributed by atoms with Crippen LogP contribution in [0.25, 0.3) is 5.65 Å². The van der Waals surface area contributed by atoms with Gasteiger partial charge in [-0.25, -0.2) is 4.98 Å². The lowest BCUT2D eigenvalue weighted by atomic mass is 10.6. The number of imidazole rings is 1. The molecule has 0 atom stereocenters. The molecule has 5 nitrogen and oxygen atoms in total. The Balaban J connectivity index is 2.51. The van der Waals surface area contributed by atoms with E-state index in [0.717, 1.165) is 0 Å². The second-order valence-electron chi connectivity index (χ2n) is 2.63. The van der Waals surface area contributed by atoms with Crippen molar-refractivity contribution < 1.29 is 4.79 Å². The van der Waals surface area contributed by atoms with Crippen molar-refractivity contribution in [1.29, 1.82) is 0 Å². The van der Waals surface area contributed by atoms with E-state index in [0.29, 0.717) is 11.5 Å². The molecule has 0 fully saturated rings. The van der Waals surface area contributed by atoms with Gasteiger partial charge in [0, 0.05) is 19.3 Å². The summed E-state index contributed by atoms with van der Waals surface area (Å²) in [7, 11) is 0. The highest BCUT2D eigenvalue weighted by atomic mass is 16.1. The first-order valence-corrected chi connectivity index (χ1v) is 3.82. The first-order chi connectivity index (χ1) is 6.27. The first-order valence-electron chi connectivity index (χ1n) is 3.82. The molecule has 5 heteroatoms. The molecule has 0 aliphatic heterocycles. The van der Waals surface area contributed by atoms with Gasteiger partial charge in [-0.2, -0.15) is 0 Å². The monoisotopic (exact) mass is 176 g/mol. The van der Waals surface area contributed by atoms with E-state index >= 15 is 0 Å². The molecule has 0 saturated heterocycles. The summed E-state index contributed by atoms with van der Waals surface area (Å²) in [6.07, 6.45) is 6.61. The number of carbonyl (C=O) groups excluding carboxylic acids is 1. The van der Waals surface area contributed by atoms with Crippen molar-refractivity contribution in [3.8, 4) is 0 Å². The Morgan fingerprint density at radius 3 is 3.15 bits per heavy atom. The Morgan fingerprint density at radius 2 is 2.38 bits per heavy atom. The average Bonchev–Trinajstić information content (AvgIpc) is 2.48. The Kier molecular flexibility index (Phi) is 1.70. The number of rotatable bonds is 1. The van der Waals surface area contributed by atoms with Crippen LogP contribution in [0.4, 0.5) is 5.82 Å². The van der Waals surface area contributed by atoms with E-state index in [2.05, 4.69) is 15.3 Å². The highest BCUT2D eigenvalue weighted by Crippen LogP contribution is 2.09. The molecule has 0 aliphatic carbocycles. The summed E-state index contributed by atoms with van der Waals surface area (Å²) in [5.74, 6) is 0.545. The van der Waals surface area contributed by atoms with Gasteiger partial charge in [-0.05, 0) is 0 Å². The van der Waals surface area contributed by atoms with Crippen LogP contribution in [0, 0.1) is 0 Å². The van der Waals surface area contributed by atoms with Gasteiger partial charge in [0.05, 0.1) is 12.4 Å². The van der Waals surface area contributed by atoms with E-state index in [9.17, 15) is 4.79 Å². The van der Waals surface area contributed by atoms with E-state index in [1.165, 1.54) is 6.92 Å². The molecule has 66 valence electrons. The third-order valence-corrected chi connectivity index (χ3v) is 1.62. The summed E-state index contributed by atoms with van der Waals surface area (Å²) in [4.78, 5) is 18.8. The molecule has 2 aromatic rings. The summed E-state index contributed by atoms with van der Waals surface area (Å²) in [5.41, 5.74) is 0.714. The van der Waals surface area contributed by atoms with Crippen LogP contribution in [0.15, 0.2) is 24.8 Å². The zero-order valence-corrected chi connectivity index (χ0v) is 7.06. The Labute approximate surface area is 74.4 Å². The number of hydrogen-bond donors (Lipinski definition) is 1. The minimum atomic E-state index is -0.112. The number of amides is 1. The van der Waals surface area contributed by atoms with Crippen molar-refractivity contribution in [2.24, 2.45) is 0 Å². The normalized spacial score (nSPS) is 10.2. The first kappa shape index (κ1) is 7.72. The Morgan fingerprint density at radius 1 is 1.54 bits per heavy atom. The maximum absolute atomic E-state index is 10.8. The molecule has 2 heterocycles. The van der Waals surface area contributed by atoms with Gasteiger partial charge in [0.1, 0.15) is 5.82 Å². The Bertz CT molecular complexity index is 448. The number of nitrogens with one attached hydrogen (secondary N) is 1. The van der Waals surface area contributed by atoms with Crippen LogP contribution in [-0.2, 0) is 4.79 Å². The second kappa shape index (κ2) is 2.85. The summed E-state index contributed by atoms with van der Waals surface area (Å²) < 4.78 is 1.76. The number of fused-ring (bicyclic) bond motifs is 1. The van der Waals surface area contributed by atoms with E-state index < -0.39 is 0 Å². The van der Waals surface area contributed by atoms with Crippen LogP contribution in [0.3, 0.4) is 0 Å². The number of nitrogens with zero attached hydrogens (tertiary/aromatic N) is 3. The maximum Gasteiger partial charge on any atom is 0.222 e. The van der Waals surface area contributed by atoms with E-state index in [-0.39, 0.29) is 5.91 Å². The Hall–Kier alpha value is -1.91. The quantitative estimate of drug-likeness (QED) is 0.695. The third-order valence-electron chi connectivity index (χ3n) is 1.62. The third kappa shape index (κ3) is 1.35. The number of aromatic nitrogens is 3. The molecule has 0 radical (unpaired) electrons. The van der Waals surface area contributed by atoms with Gasteiger partial charge in [0.2, 0.25) is 5.91 Å². The number of anilines is 1. The van der Waals surface area contributed by atoms with Gasteiger partial charge in [0.15, 0.2) is 5.65 Å². The van der Waals surface area contributed by atoms with Crippen molar-refractivity contribution in [1.82, 2.24) is 14.4 Å². The van der Waals surface area contributed by atoms with Crippen LogP contribution in [0.1, 0.15) is 6.92 Å². The van der Waals surface area contributed by atoms with Crippen molar-refractivity contribution in [3.05, 3.63) is 24.8 Å². The second-order valence-corrected chi connectivity index (χ2v) is 2.63. The molecule has 1 amide bonds. The van der Waals surface area contributed by atoms with Crippen molar-refractivity contribution in [2.75, 3.05) is 5.32 Å². The minimum absolute atomic E-state index is 0.112. The topological polar surface area (TPSA) is 59.3 Å². The molecule has 2 aromatic heterocycles. The molecule has 13 heavy (non-hydrogen) atoms. The van der Waals surface area contributed by atoms with Gasteiger partial charge in [-0.15, -0.1) is 0 Å². The van der Waals surface area contributed by atoms with Crippen molar-refractivity contribution in [3.63, 3.8) is 0 Å². The summed E-state index contributed by atoms with van der Waals surface area (Å²) >= 11 is 0. The highest BCUT2D eigenvalue weighted by molar-refractivity contribution is 5.88. The largest absolute Gasteiger partial charge is 0.311 e. The van der Waals surface area contributed by atoms with Crippen LogP contribution >= 0.6 is 0 Å². The van der Waals surface area contributed by atoms with Gasteiger partial charge in [0.25, 0.3) is 0 Å². The molecule has 0 spiro atoms. The molecule has 0 aliphatic rings. The lowest BCUT2D eigenvalue weighted by Crippen LogP contribution is -2.07. The van der Waals surface area contributed by atoms with Gasteiger partial charge in [-0.1, -0.05) is 0 Å². The standard InChI is InChI=1S/C8H8N4O/c1-6(13)11-8-5-10-7-4-9-2-3-12(7)8/h2-5H,1H3,(H,11,13). The number of carbonyl (C=O) groups is 1. The fourth-order valence-electron chi connectivity index (χ4n) is 1.12. The molecular weight excluding hydrogens is 168 g/mol. The van der Waals surface area contributed by atoms with Crippen molar-refractivity contribution in [2.45, 2.75) is 6.92 Å². The molecule has 0 saturated carbocycles. The molecule has 0 aromatic carbocycles. The maximum atomic E-state index is 10.8. The number of hydrogen-bond acceptors (Lipinski definition) is 3. The van der Waals surface area contributed by atoms with E-state index in [1.807, 2.05) is 0 Å². The van der Waals surface area contributed by atoms with Gasteiger partial charge < -0.3 is 5.32 Å². The predicted octanol–water partition coefficient (Wildman–Crippen LogP) is 0.688. The van der Waals surface area contributed by atoms with Crippen LogP contribution in [-0.4, -0.2) is 20.3 Å². The van der Waals surface area contributed by atoms with Crippen molar-refractivity contribution >= 4 is 17.4 Å². The molecule has 2 rings (SSSR count). The summed E-state index contributed by atoms with van der Waals surface area (Å²) in [5, 5.41) is 2.66. The fourth-order valence-corrected chi connectivity index (χ4v) is 1.12. The predicted molar refractivity (Wildman–Crippen MR) is 47.3 cm³/mol. The highest BCUT2D eigenvalue weighted by Gasteiger charge is 2.02. The minimum Gasteiger partial charge on any atom is -0.311 e. The zero-order chi connectivity index (χ0) is 9.26. The van der Waals surface area contributed by atoms with Crippen LogP contribution < -0.4 is 5.32 Å². The van der Waals surface area contributed by atoms with Gasteiger partial charge >= 0.3 is 0 Å². The zero-order valence-electron chi connectivity index (χ0n) is 7.06. The molecule has 1 N–H and O–H groups in total. The van der Waals surface area contributed by atoms with Crippen LogP contribution in [0.2, 0.25) is 0 Å². The lowest BCUT2D eigenvalue weighted by Gasteiger charge is -1.99. The SMILES string of the molecule is CC(=O)Nc1cnc2cnccn12.